The lowest BCUT2D eigenvalue weighted by Crippen LogP contribution is -2.47. The molecular weight excluding hydrogens is 452 g/mol. The van der Waals surface area contributed by atoms with Gasteiger partial charge >= 0.3 is 5.97 Å². The number of anilines is 2. The van der Waals surface area contributed by atoms with Gasteiger partial charge in [0.25, 0.3) is 5.91 Å². The van der Waals surface area contributed by atoms with Gasteiger partial charge in [-0.3, -0.25) is 14.4 Å². The first-order valence-electron chi connectivity index (χ1n) is 12.0. The first-order valence-corrected chi connectivity index (χ1v) is 12.9. The molecule has 0 unspecified atom stereocenters. The largest absolute Gasteiger partial charge is 0.466 e. The van der Waals surface area contributed by atoms with Crippen LogP contribution < -0.4 is 5.32 Å². The summed E-state index contributed by atoms with van der Waals surface area (Å²) in [5.74, 6) is -0.271. The standard InChI is InChI=1S/C25H32N4O4S/c1-3-33-24(32)19-10-14-28(15-11-19)22(30)18-8-12-29(13-9-18)23(31)21-16-34-25(27-21)26-20-6-4-17(2)5-7-20/h4-7,16,18-19H,3,8-15H2,1-2H3,(H,26,27). The number of carbonyl (C=O) groups is 3. The van der Waals surface area contributed by atoms with E-state index in [-0.39, 0.29) is 29.6 Å². The number of likely N-dealkylation sites (tertiary alicyclic amines) is 2. The van der Waals surface area contributed by atoms with Crippen LogP contribution in [0.3, 0.4) is 0 Å². The molecule has 2 aromatic rings. The molecule has 1 aromatic heterocycles. The quantitative estimate of drug-likeness (QED) is 0.626. The molecule has 0 bridgehead atoms. The van der Waals surface area contributed by atoms with Crippen LogP contribution in [-0.4, -0.2) is 65.4 Å². The van der Waals surface area contributed by atoms with Gasteiger partial charge in [-0.05, 0) is 51.7 Å². The summed E-state index contributed by atoms with van der Waals surface area (Å²) in [5.41, 5.74) is 2.55. The molecule has 8 nitrogen and oxygen atoms in total. The van der Waals surface area contributed by atoms with Gasteiger partial charge in [-0.15, -0.1) is 11.3 Å². The lowest BCUT2D eigenvalue weighted by Gasteiger charge is -2.36. The Kier molecular flexibility index (Phi) is 7.82. The summed E-state index contributed by atoms with van der Waals surface area (Å²) >= 11 is 1.41. The smallest absolute Gasteiger partial charge is 0.309 e. The molecule has 1 aromatic carbocycles. The number of hydrogen-bond acceptors (Lipinski definition) is 7. The van der Waals surface area contributed by atoms with E-state index in [0.29, 0.717) is 69.3 Å². The fourth-order valence-electron chi connectivity index (χ4n) is 4.54. The summed E-state index contributed by atoms with van der Waals surface area (Å²) in [6, 6.07) is 8.02. The van der Waals surface area contributed by atoms with Gasteiger partial charge in [0, 0.05) is 43.2 Å². The molecule has 34 heavy (non-hydrogen) atoms. The van der Waals surface area contributed by atoms with Crippen molar-refractivity contribution >= 4 is 39.9 Å². The SMILES string of the molecule is CCOC(=O)C1CCN(C(=O)C2CCN(C(=O)c3csc(Nc4ccc(C)cc4)n3)CC2)CC1. The number of carbonyl (C=O) groups excluding carboxylic acids is 3. The molecule has 2 amide bonds. The van der Waals surface area contributed by atoms with Crippen molar-refractivity contribution in [1.82, 2.24) is 14.8 Å². The number of piperidine rings is 2. The van der Waals surface area contributed by atoms with Crippen LogP contribution in [0.1, 0.15) is 48.7 Å². The van der Waals surface area contributed by atoms with Gasteiger partial charge in [0.1, 0.15) is 5.69 Å². The van der Waals surface area contributed by atoms with E-state index in [1.54, 1.807) is 10.3 Å². The minimum absolute atomic E-state index is 0.0719. The van der Waals surface area contributed by atoms with Gasteiger partial charge < -0.3 is 19.9 Å². The molecule has 182 valence electrons. The van der Waals surface area contributed by atoms with E-state index in [1.165, 1.54) is 16.9 Å². The molecule has 0 spiro atoms. The highest BCUT2D eigenvalue weighted by atomic mass is 32.1. The average Bonchev–Trinajstić information content (AvgIpc) is 3.33. The van der Waals surface area contributed by atoms with Crippen molar-refractivity contribution in [2.75, 3.05) is 38.1 Å². The number of ether oxygens (including phenoxy) is 1. The third-order valence-electron chi connectivity index (χ3n) is 6.58. The Morgan fingerprint density at radius 3 is 2.26 bits per heavy atom. The monoisotopic (exact) mass is 484 g/mol. The Labute approximate surface area is 204 Å². The maximum atomic E-state index is 13.0. The van der Waals surface area contributed by atoms with Crippen molar-refractivity contribution in [3.8, 4) is 0 Å². The molecule has 1 N–H and O–H groups in total. The number of aryl methyl sites for hydroxylation is 1. The summed E-state index contributed by atoms with van der Waals surface area (Å²) in [7, 11) is 0. The van der Waals surface area contributed by atoms with E-state index in [2.05, 4.69) is 10.3 Å². The van der Waals surface area contributed by atoms with Crippen molar-refractivity contribution in [3.05, 3.63) is 40.9 Å². The van der Waals surface area contributed by atoms with Crippen LogP contribution in [-0.2, 0) is 14.3 Å². The van der Waals surface area contributed by atoms with Crippen LogP contribution in [0.2, 0.25) is 0 Å². The molecule has 4 rings (SSSR count). The normalized spacial score (nSPS) is 17.5. The Morgan fingerprint density at radius 1 is 1.00 bits per heavy atom. The lowest BCUT2D eigenvalue weighted by atomic mass is 9.92. The number of nitrogens with one attached hydrogen (secondary N) is 1. The Bertz CT molecular complexity index is 1010. The number of benzene rings is 1. The van der Waals surface area contributed by atoms with Crippen molar-refractivity contribution in [2.24, 2.45) is 11.8 Å². The Hall–Kier alpha value is -2.94. The van der Waals surface area contributed by atoms with Gasteiger partial charge in [0.2, 0.25) is 5.91 Å². The number of rotatable bonds is 6. The van der Waals surface area contributed by atoms with Crippen molar-refractivity contribution < 1.29 is 19.1 Å². The molecule has 2 aliphatic rings. The van der Waals surface area contributed by atoms with Crippen molar-refractivity contribution in [3.63, 3.8) is 0 Å². The first-order chi connectivity index (χ1) is 16.4. The number of hydrogen-bond donors (Lipinski definition) is 1. The Morgan fingerprint density at radius 2 is 1.62 bits per heavy atom. The third kappa shape index (κ3) is 5.75. The molecule has 9 heteroatoms. The van der Waals surface area contributed by atoms with Crippen molar-refractivity contribution in [2.45, 2.75) is 39.5 Å². The predicted octanol–water partition coefficient (Wildman–Crippen LogP) is 3.85. The molecule has 2 aliphatic heterocycles. The molecule has 2 saturated heterocycles. The molecule has 0 saturated carbocycles. The van der Waals surface area contributed by atoms with Crippen LogP contribution in [0.15, 0.2) is 29.6 Å². The van der Waals surface area contributed by atoms with E-state index in [0.717, 1.165) is 5.69 Å². The van der Waals surface area contributed by atoms with Crippen LogP contribution in [0.5, 0.6) is 0 Å². The minimum Gasteiger partial charge on any atom is -0.466 e. The van der Waals surface area contributed by atoms with E-state index in [4.69, 9.17) is 4.74 Å². The van der Waals surface area contributed by atoms with Crippen LogP contribution >= 0.6 is 11.3 Å². The third-order valence-corrected chi connectivity index (χ3v) is 7.34. The Balaban J connectivity index is 1.25. The van der Waals surface area contributed by atoms with Gasteiger partial charge in [-0.1, -0.05) is 17.7 Å². The first kappa shape index (κ1) is 24.2. The topological polar surface area (TPSA) is 91.8 Å². The summed E-state index contributed by atoms with van der Waals surface area (Å²) in [6.45, 7) is 6.52. The van der Waals surface area contributed by atoms with E-state index >= 15 is 0 Å². The average molecular weight is 485 g/mol. The zero-order chi connectivity index (χ0) is 24.1. The van der Waals surface area contributed by atoms with Gasteiger partial charge in [0.15, 0.2) is 5.13 Å². The number of amides is 2. The second kappa shape index (κ2) is 11.0. The van der Waals surface area contributed by atoms with Crippen LogP contribution in [0, 0.1) is 18.8 Å². The molecule has 3 heterocycles. The summed E-state index contributed by atoms with van der Waals surface area (Å²) in [6.07, 6.45) is 2.62. The van der Waals surface area contributed by atoms with E-state index in [9.17, 15) is 14.4 Å². The number of esters is 1. The van der Waals surface area contributed by atoms with Crippen molar-refractivity contribution in [1.29, 1.82) is 0 Å². The van der Waals surface area contributed by atoms with Crippen LogP contribution in [0.4, 0.5) is 10.8 Å². The number of aromatic nitrogens is 1. The molecule has 0 atom stereocenters. The number of nitrogens with zero attached hydrogens (tertiary/aromatic N) is 3. The fraction of sp³-hybridized carbons (Fsp3) is 0.520. The van der Waals surface area contributed by atoms with Crippen LogP contribution in [0.25, 0.3) is 0 Å². The van der Waals surface area contributed by atoms with Gasteiger partial charge in [-0.2, -0.15) is 0 Å². The maximum absolute atomic E-state index is 13.0. The molecule has 0 radical (unpaired) electrons. The highest BCUT2D eigenvalue weighted by molar-refractivity contribution is 7.14. The molecule has 0 aliphatic carbocycles. The zero-order valence-corrected chi connectivity index (χ0v) is 20.6. The summed E-state index contributed by atoms with van der Waals surface area (Å²) in [4.78, 5) is 46.0. The summed E-state index contributed by atoms with van der Waals surface area (Å²) < 4.78 is 5.11. The molecule has 2 fully saturated rings. The predicted molar refractivity (Wildman–Crippen MR) is 131 cm³/mol. The number of thiazole rings is 1. The second-order valence-corrected chi connectivity index (χ2v) is 9.81. The highest BCUT2D eigenvalue weighted by Crippen LogP contribution is 2.26. The maximum Gasteiger partial charge on any atom is 0.309 e. The second-order valence-electron chi connectivity index (χ2n) is 8.95. The zero-order valence-electron chi connectivity index (χ0n) is 19.8. The fourth-order valence-corrected chi connectivity index (χ4v) is 5.24. The highest BCUT2D eigenvalue weighted by Gasteiger charge is 2.34. The summed E-state index contributed by atoms with van der Waals surface area (Å²) in [5, 5.41) is 5.71. The van der Waals surface area contributed by atoms with E-state index in [1.807, 2.05) is 43.0 Å². The van der Waals surface area contributed by atoms with E-state index < -0.39 is 0 Å². The molecular formula is C25H32N4O4S. The van der Waals surface area contributed by atoms with Gasteiger partial charge in [0.05, 0.1) is 12.5 Å². The lowest BCUT2D eigenvalue weighted by molar-refractivity contribution is -0.152. The minimum atomic E-state index is -0.152. The van der Waals surface area contributed by atoms with Gasteiger partial charge in [-0.25, -0.2) is 4.98 Å².